The van der Waals surface area contributed by atoms with E-state index in [0.29, 0.717) is 0 Å². The van der Waals surface area contributed by atoms with E-state index in [2.05, 4.69) is 4.99 Å². The molecule has 1 fully saturated rings. The van der Waals surface area contributed by atoms with E-state index < -0.39 is 6.03 Å². The lowest BCUT2D eigenvalue weighted by Gasteiger charge is -2.40. The molecule has 0 aromatic heterocycles. The largest absolute Gasteiger partial charge is 0.349 e. The predicted octanol–water partition coefficient (Wildman–Crippen LogP) is 0.0269. The number of hydrogen-bond donors (Lipinski definition) is 1. The second kappa shape index (κ2) is 4.48. The van der Waals surface area contributed by atoms with Crippen molar-refractivity contribution in [3.8, 4) is 0 Å². The maximum Gasteiger partial charge on any atom is 0.349 e. The van der Waals surface area contributed by atoms with E-state index in [4.69, 9.17) is 5.73 Å². The molecule has 2 N–H and O–H groups in total. The van der Waals surface area contributed by atoms with Gasteiger partial charge in [-0.05, 0) is 12.8 Å². The minimum absolute atomic E-state index is 0.426. The summed E-state index contributed by atoms with van der Waals surface area (Å²) in [4.78, 5) is 15.5. The Labute approximate surface area is 89.3 Å². The summed E-state index contributed by atoms with van der Waals surface area (Å²) in [6.45, 7) is 3.26. The van der Waals surface area contributed by atoms with Crippen molar-refractivity contribution < 1.29 is 4.79 Å². The SMILES string of the molecule is NC(=O)N(N1C=NCC1)N1CCCCC1. The van der Waals surface area contributed by atoms with Crippen molar-refractivity contribution in [2.24, 2.45) is 10.7 Å². The summed E-state index contributed by atoms with van der Waals surface area (Å²) < 4.78 is 0. The Morgan fingerprint density at radius 1 is 1.27 bits per heavy atom. The number of nitrogens with zero attached hydrogens (tertiary/aromatic N) is 4. The molecule has 1 saturated heterocycles. The molecule has 0 aliphatic carbocycles. The fourth-order valence-corrected chi connectivity index (χ4v) is 2.01. The van der Waals surface area contributed by atoms with Crippen molar-refractivity contribution in [1.82, 2.24) is 15.1 Å². The van der Waals surface area contributed by atoms with Gasteiger partial charge in [-0.2, -0.15) is 10.1 Å². The first-order chi connectivity index (χ1) is 7.29. The van der Waals surface area contributed by atoms with E-state index >= 15 is 0 Å². The highest BCUT2D eigenvalue weighted by molar-refractivity contribution is 5.73. The smallest absolute Gasteiger partial charge is 0.349 e. The molecule has 0 spiro atoms. The normalized spacial score (nSPS) is 22.0. The second-order valence-corrected chi connectivity index (χ2v) is 3.83. The number of rotatable bonds is 2. The Kier molecular flexibility index (Phi) is 3.05. The van der Waals surface area contributed by atoms with Gasteiger partial charge < -0.3 is 5.73 Å². The van der Waals surface area contributed by atoms with Gasteiger partial charge in [0.15, 0.2) is 0 Å². The summed E-state index contributed by atoms with van der Waals surface area (Å²) in [6.07, 6.45) is 5.15. The molecule has 6 heteroatoms. The number of piperidine rings is 1. The summed E-state index contributed by atoms with van der Waals surface area (Å²) in [5.74, 6) is 0. The van der Waals surface area contributed by atoms with Crippen LogP contribution in [0.15, 0.2) is 4.99 Å². The minimum atomic E-state index is -0.426. The van der Waals surface area contributed by atoms with E-state index in [1.807, 2.05) is 5.01 Å². The maximum absolute atomic E-state index is 11.4. The van der Waals surface area contributed by atoms with Gasteiger partial charge in [0, 0.05) is 13.1 Å². The molecule has 0 radical (unpaired) electrons. The molecule has 0 atom stereocenters. The number of hydrogen-bond acceptors (Lipinski definition) is 4. The first-order valence-electron chi connectivity index (χ1n) is 5.40. The Bertz CT molecular complexity index is 261. The lowest BCUT2D eigenvalue weighted by molar-refractivity contribution is -0.102. The molecule has 0 bridgehead atoms. The first kappa shape index (κ1) is 10.2. The highest BCUT2D eigenvalue weighted by atomic mass is 16.2. The van der Waals surface area contributed by atoms with Crippen LogP contribution in [0, 0.1) is 0 Å². The molecule has 2 amide bonds. The first-order valence-corrected chi connectivity index (χ1v) is 5.40. The Morgan fingerprint density at radius 3 is 2.53 bits per heavy atom. The highest BCUT2D eigenvalue weighted by Gasteiger charge is 2.26. The second-order valence-electron chi connectivity index (χ2n) is 3.83. The van der Waals surface area contributed by atoms with Crippen molar-refractivity contribution in [2.45, 2.75) is 19.3 Å². The number of nitrogens with two attached hydrogens (primary N) is 1. The zero-order valence-electron chi connectivity index (χ0n) is 8.80. The average Bonchev–Trinajstić information content (AvgIpc) is 2.72. The number of aliphatic imine (C=N–C) groups is 1. The lowest BCUT2D eigenvalue weighted by Crippen LogP contribution is -2.58. The molecule has 2 rings (SSSR count). The third-order valence-electron chi connectivity index (χ3n) is 2.71. The van der Waals surface area contributed by atoms with E-state index in [1.54, 1.807) is 11.3 Å². The number of primary amides is 1. The number of carbonyl (C=O) groups is 1. The van der Waals surface area contributed by atoms with Crippen LogP contribution in [0.2, 0.25) is 0 Å². The van der Waals surface area contributed by atoms with Crippen LogP contribution in [0.1, 0.15) is 19.3 Å². The van der Waals surface area contributed by atoms with E-state index in [9.17, 15) is 4.79 Å². The van der Waals surface area contributed by atoms with Gasteiger partial charge in [-0.15, -0.1) is 0 Å². The number of hydrazine groups is 2. The van der Waals surface area contributed by atoms with Crippen LogP contribution in [-0.4, -0.2) is 53.7 Å². The van der Waals surface area contributed by atoms with Crippen LogP contribution in [0.25, 0.3) is 0 Å². The summed E-state index contributed by atoms with van der Waals surface area (Å²) >= 11 is 0. The minimum Gasteiger partial charge on any atom is -0.349 e. The number of carbonyl (C=O) groups excluding carboxylic acids is 1. The third kappa shape index (κ3) is 2.20. The summed E-state index contributed by atoms with van der Waals surface area (Å²) in [7, 11) is 0. The van der Waals surface area contributed by atoms with E-state index in [-0.39, 0.29) is 0 Å². The van der Waals surface area contributed by atoms with Gasteiger partial charge in [-0.25, -0.2) is 4.79 Å². The van der Waals surface area contributed by atoms with E-state index in [0.717, 1.165) is 39.0 Å². The van der Waals surface area contributed by atoms with Gasteiger partial charge in [0.25, 0.3) is 0 Å². The molecular formula is C9H17N5O. The van der Waals surface area contributed by atoms with Gasteiger partial charge in [0.05, 0.1) is 13.1 Å². The molecule has 0 aromatic carbocycles. The number of amides is 2. The molecule has 0 saturated carbocycles. The number of urea groups is 1. The third-order valence-corrected chi connectivity index (χ3v) is 2.71. The topological polar surface area (TPSA) is 65.2 Å². The fourth-order valence-electron chi connectivity index (χ4n) is 2.01. The van der Waals surface area contributed by atoms with Gasteiger partial charge in [0.1, 0.15) is 6.34 Å². The van der Waals surface area contributed by atoms with E-state index in [1.165, 1.54) is 11.5 Å². The fraction of sp³-hybridized carbons (Fsp3) is 0.778. The van der Waals surface area contributed by atoms with Gasteiger partial charge in [-0.3, -0.25) is 10.0 Å². The quantitative estimate of drug-likeness (QED) is 0.700. The van der Waals surface area contributed by atoms with Crippen LogP contribution in [0.3, 0.4) is 0 Å². The van der Waals surface area contributed by atoms with Crippen LogP contribution in [0.4, 0.5) is 4.79 Å². The molecule has 2 aliphatic heterocycles. The lowest BCUT2D eigenvalue weighted by atomic mass is 10.2. The maximum atomic E-state index is 11.4. The van der Waals surface area contributed by atoms with Gasteiger partial charge in [-0.1, -0.05) is 6.42 Å². The molecule has 6 nitrogen and oxygen atoms in total. The van der Waals surface area contributed by atoms with Crippen molar-refractivity contribution in [1.29, 1.82) is 0 Å². The molecule has 0 unspecified atom stereocenters. The van der Waals surface area contributed by atoms with Crippen molar-refractivity contribution >= 4 is 12.4 Å². The van der Waals surface area contributed by atoms with Crippen molar-refractivity contribution in [2.75, 3.05) is 26.2 Å². The van der Waals surface area contributed by atoms with Crippen molar-refractivity contribution in [3.05, 3.63) is 0 Å². The summed E-state index contributed by atoms with van der Waals surface area (Å²) in [5, 5.41) is 5.31. The highest BCUT2D eigenvalue weighted by Crippen LogP contribution is 2.14. The Morgan fingerprint density at radius 2 is 2.00 bits per heavy atom. The molecule has 2 aliphatic rings. The van der Waals surface area contributed by atoms with Crippen molar-refractivity contribution in [3.63, 3.8) is 0 Å². The Balaban J connectivity index is 2.04. The zero-order valence-corrected chi connectivity index (χ0v) is 8.80. The zero-order chi connectivity index (χ0) is 10.7. The monoisotopic (exact) mass is 211 g/mol. The summed E-state index contributed by atoms with van der Waals surface area (Å²) in [6, 6.07) is -0.426. The molecular weight excluding hydrogens is 194 g/mol. The van der Waals surface area contributed by atoms with Crippen LogP contribution < -0.4 is 5.73 Å². The van der Waals surface area contributed by atoms with Crippen LogP contribution >= 0.6 is 0 Å². The van der Waals surface area contributed by atoms with Crippen LogP contribution in [-0.2, 0) is 0 Å². The standard InChI is InChI=1S/C9H17N5O/c10-9(15)14(13-7-4-11-8-13)12-5-2-1-3-6-12/h8H,1-7H2,(H2,10,15). The molecule has 2 heterocycles. The Hall–Kier alpha value is -1.30. The van der Waals surface area contributed by atoms with Crippen LogP contribution in [0.5, 0.6) is 0 Å². The molecule has 15 heavy (non-hydrogen) atoms. The summed E-state index contributed by atoms with van der Waals surface area (Å²) in [5.41, 5.74) is 5.39. The molecule has 84 valence electrons. The van der Waals surface area contributed by atoms with Gasteiger partial charge in [0.2, 0.25) is 0 Å². The average molecular weight is 211 g/mol. The predicted molar refractivity (Wildman–Crippen MR) is 56.9 cm³/mol. The molecule has 0 aromatic rings. The van der Waals surface area contributed by atoms with Gasteiger partial charge >= 0.3 is 6.03 Å².